The SMILES string of the molecule is COCc1cccc(C(=O)N2C[C@H](O)C[C@H]2C(=O)O)c1. The third-order valence-corrected chi connectivity index (χ3v) is 3.31. The molecule has 1 fully saturated rings. The molecule has 0 radical (unpaired) electrons. The number of carboxylic acid groups (broad SMARTS) is 1. The minimum atomic E-state index is -1.09. The molecule has 1 amide bonds. The molecule has 2 N–H and O–H groups in total. The van der Waals surface area contributed by atoms with Crippen molar-refractivity contribution in [2.45, 2.75) is 25.2 Å². The number of benzene rings is 1. The van der Waals surface area contributed by atoms with Crippen LogP contribution in [0.5, 0.6) is 0 Å². The molecule has 2 rings (SSSR count). The van der Waals surface area contributed by atoms with E-state index in [0.717, 1.165) is 5.56 Å². The summed E-state index contributed by atoms with van der Waals surface area (Å²) in [5.74, 6) is -1.48. The monoisotopic (exact) mass is 279 g/mol. The van der Waals surface area contributed by atoms with Crippen LogP contribution < -0.4 is 0 Å². The van der Waals surface area contributed by atoms with Crippen LogP contribution in [0.25, 0.3) is 0 Å². The fourth-order valence-electron chi connectivity index (χ4n) is 2.40. The van der Waals surface area contributed by atoms with Gasteiger partial charge in [0.05, 0.1) is 12.7 Å². The molecule has 1 aromatic carbocycles. The van der Waals surface area contributed by atoms with Gasteiger partial charge in [0.2, 0.25) is 0 Å². The van der Waals surface area contributed by atoms with E-state index in [1.807, 2.05) is 6.07 Å². The predicted octanol–water partition coefficient (Wildman–Crippen LogP) is 0.493. The molecule has 2 atom stereocenters. The van der Waals surface area contributed by atoms with Crippen molar-refractivity contribution in [3.8, 4) is 0 Å². The number of rotatable bonds is 4. The van der Waals surface area contributed by atoms with Crippen LogP contribution in [-0.2, 0) is 16.1 Å². The smallest absolute Gasteiger partial charge is 0.326 e. The molecule has 1 aliphatic rings. The summed E-state index contributed by atoms with van der Waals surface area (Å²) in [7, 11) is 1.56. The molecule has 0 unspecified atom stereocenters. The third kappa shape index (κ3) is 2.97. The largest absolute Gasteiger partial charge is 0.480 e. The first-order valence-electron chi connectivity index (χ1n) is 6.32. The van der Waals surface area contributed by atoms with E-state index in [-0.39, 0.29) is 18.9 Å². The molecule has 0 bridgehead atoms. The molecule has 108 valence electrons. The fourth-order valence-corrected chi connectivity index (χ4v) is 2.40. The summed E-state index contributed by atoms with van der Waals surface area (Å²) in [6.07, 6.45) is -0.721. The van der Waals surface area contributed by atoms with Gasteiger partial charge in [-0.05, 0) is 17.7 Å². The van der Waals surface area contributed by atoms with Crippen molar-refractivity contribution in [3.05, 3.63) is 35.4 Å². The lowest BCUT2D eigenvalue weighted by Gasteiger charge is -2.21. The van der Waals surface area contributed by atoms with Crippen LogP contribution >= 0.6 is 0 Å². The van der Waals surface area contributed by atoms with Gasteiger partial charge in [0.25, 0.3) is 5.91 Å². The van der Waals surface area contributed by atoms with Crippen molar-refractivity contribution in [1.82, 2.24) is 4.90 Å². The Balaban J connectivity index is 2.21. The van der Waals surface area contributed by atoms with E-state index in [2.05, 4.69) is 0 Å². The van der Waals surface area contributed by atoms with Gasteiger partial charge in [-0.2, -0.15) is 0 Å². The Morgan fingerprint density at radius 3 is 2.85 bits per heavy atom. The fraction of sp³-hybridized carbons (Fsp3) is 0.429. The van der Waals surface area contributed by atoms with Crippen molar-refractivity contribution >= 4 is 11.9 Å². The van der Waals surface area contributed by atoms with Crippen LogP contribution in [-0.4, -0.2) is 52.8 Å². The van der Waals surface area contributed by atoms with Crippen LogP contribution in [0.2, 0.25) is 0 Å². The molecule has 0 aromatic heterocycles. The van der Waals surface area contributed by atoms with Gasteiger partial charge < -0.3 is 19.8 Å². The van der Waals surface area contributed by atoms with Crippen molar-refractivity contribution < 1.29 is 24.5 Å². The topological polar surface area (TPSA) is 87.1 Å². The first kappa shape index (κ1) is 14.5. The van der Waals surface area contributed by atoms with E-state index in [1.165, 1.54) is 4.90 Å². The van der Waals surface area contributed by atoms with Gasteiger partial charge in [0, 0.05) is 25.6 Å². The number of hydrogen-bond acceptors (Lipinski definition) is 4. The Hall–Kier alpha value is -1.92. The predicted molar refractivity (Wildman–Crippen MR) is 70.2 cm³/mol. The number of aliphatic hydroxyl groups excluding tert-OH is 1. The maximum absolute atomic E-state index is 12.4. The highest BCUT2D eigenvalue weighted by molar-refractivity contribution is 5.97. The Morgan fingerprint density at radius 1 is 1.45 bits per heavy atom. The second-order valence-electron chi connectivity index (χ2n) is 4.83. The van der Waals surface area contributed by atoms with Crippen molar-refractivity contribution in [2.75, 3.05) is 13.7 Å². The van der Waals surface area contributed by atoms with Crippen molar-refractivity contribution in [2.24, 2.45) is 0 Å². The number of aliphatic carboxylic acids is 1. The molecular formula is C14H17NO5. The lowest BCUT2D eigenvalue weighted by atomic mass is 10.1. The van der Waals surface area contributed by atoms with E-state index >= 15 is 0 Å². The average Bonchev–Trinajstić information content (AvgIpc) is 2.81. The van der Waals surface area contributed by atoms with Crippen molar-refractivity contribution in [3.63, 3.8) is 0 Å². The number of carbonyl (C=O) groups is 2. The Labute approximate surface area is 116 Å². The third-order valence-electron chi connectivity index (χ3n) is 3.31. The average molecular weight is 279 g/mol. The molecule has 20 heavy (non-hydrogen) atoms. The van der Waals surface area contributed by atoms with Gasteiger partial charge in [0.15, 0.2) is 0 Å². The summed E-state index contributed by atoms with van der Waals surface area (Å²) in [6, 6.07) is 5.89. The molecule has 6 nitrogen and oxygen atoms in total. The summed E-state index contributed by atoms with van der Waals surface area (Å²) in [5, 5.41) is 18.7. The highest BCUT2D eigenvalue weighted by Gasteiger charge is 2.39. The van der Waals surface area contributed by atoms with Gasteiger partial charge >= 0.3 is 5.97 Å². The number of likely N-dealkylation sites (tertiary alicyclic amines) is 1. The molecule has 1 aliphatic heterocycles. The number of amides is 1. The number of methoxy groups -OCH3 is 1. The zero-order valence-electron chi connectivity index (χ0n) is 11.2. The van der Waals surface area contributed by atoms with E-state index in [0.29, 0.717) is 12.2 Å². The van der Waals surface area contributed by atoms with Gasteiger partial charge in [-0.25, -0.2) is 4.79 Å². The Morgan fingerprint density at radius 2 is 2.20 bits per heavy atom. The second-order valence-corrected chi connectivity index (χ2v) is 4.83. The first-order valence-corrected chi connectivity index (χ1v) is 6.32. The van der Waals surface area contributed by atoms with Crippen LogP contribution in [0, 0.1) is 0 Å². The van der Waals surface area contributed by atoms with E-state index in [1.54, 1.807) is 25.3 Å². The number of aliphatic hydroxyl groups is 1. The number of hydrogen-bond donors (Lipinski definition) is 2. The minimum Gasteiger partial charge on any atom is -0.480 e. The van der Waals surface area contributed by atoms with Gasteiger partial charge in [-0.1, -0.05) is 12.1 Å². The molecule has 6 heteroatoms. The molecule has 1 heterocycles. The van der Waals surface area contributed by atoms with Gasteiger partial charge in [-0.15, -0.1) is 0 Å². The lowest BCUT2D eigenvalue weighted by Crippen LogP contribution is -2.40. The van der Waals surface area contributed by atoms with Gasteiger partial charge in [-0.3, -0.25) is 4.79 Å². The highest BCUT2D eigenvalue weighted by Crippen LogP contribution is 2.21. The summed E-state index contributed by atoms with van der Waals surface area (Å²) < 4.78 is 5.01. The van der Waals surface area contributed by atoms with Crippen LogP contribution in [0.1, 0.15) is 22.3 Å². The number of carboxylic acids is 1. The molecule has 1 saturated heterocycles. The maximum atomic E-state index is 12.4. The standard InChI is InChI=1S/C14H17NO5/c1-20-8-9-3-2-4-10(5-9)13(17)15-7-11(16)6-12(15)14(18)19/h2-5,11-12,16H,6-8H2,1H3,(H,18,19)/t11-,12+/m1/s1. The number of nitrogens with zero attached hydrogens (tertiary/aromatic N) is 1. The molecule has 0 saturated carbocycles. The van der Waals surface area contributed by atoms with E-state index in [9.17, 15) is 14.7 Å². The summed E-state index contributed by atoms with van der Waals surface area (Å²) in [6.45, 7) is 0.427. The van der Waals surface area contributed by atoms with Crippen molar-refractivity contribution in [1.29, 1.82) is 0 Å². The van der Waals surface area contributed by atoms with E-state index in [4.69, 9.17) is 9.84 Å². The molecule has 1 aromatic rings. The zero-order valence-corrected chi connectivity index (χ0v) is 11.2. The summed E-state index contributed by atoms with van der Waals surface area (Å²) in [5.41, 5.74) is 1.24. The Kier molecular flexibility index (Phi) is 4.36. The van der Waals surface area contributed by atoms with Gasteiger partial charge in [0.1, 0.15) is 6.04 Å². The number of ether oxygens (including phenoxy) is 1. The lowest BCUT2D eigenvalue weighted by molar-refractivity contribution is -0.141. The summed E-state index contributed by atoms with van der Waals surface area (Å²) >= 11 is 0. The normalized spacial score (nSPS) is 22.0. The zero-order chi connectivity index (χ0) is 14.7. The van der Waals surface area contributed by atoms with Crippen LogP contribution in [0.4, 0.5) is 0 Å². The second kappa shape index (κ2) is 6.02. The van der Waals surface area contributed by atoms with Crippen LogP contribution in [0.15, 0.2) is 24.3 Å². The van der Waals surface area contributed by atoms with E-state index < -0.39 is 18.1 Å². The Bertz CT molecular complexity index is 516. The summed E-state index contributed by atoms with van der Waals surface area (Å²) in [4.78, 5) is 24.7. The quantitative estimate of drug-likeness (QED) is 0.837. The first-order chi connectivity index (χ1) is 9.52. The number of carbonyl (C=O) groups excluding carboxylic acids is 1. The minimum absolute atomic E-state index is 0.0459. The number of β-amino-alcohol motifs (C(OH)–C–C–N with tert-alkyl or cyclic N) is 1. The molecule has 0 aliphatic carbocycles. The maximum Gasteiger partial charge on any atom is 0.326 e. The molecular weight excluding hydrogens is 262 g/mol. The van der Waals surface area contributed by atoms with Crippen LogP contribution in [0.3, 0.4) is 0 Å². The highest BCUT2D eigenvalue weighted by atomic mass is 16.5. The molecule has 0 spiro atoms.